The third kappa shape index (κ3) is 3.65. The van der Waals surface area contributed by atoms with Crippen molar-refractivity contribution in [1.82, 2.24) is 19.5 Å². The van der Waals surface area contributed by atoms with Gasteiger partial charge in [0, 0.05) is 36.3 Å². The number of carbonyl (C=O) groups excluding carboxylic acids is 1. The number of amides is 1. The number of hydrogen-bond acceptors (Lipinski definition) is 5. The van der Waals surface area contributed by atoms with Gasteiger partial charge in [-0.1, -0.05) is 0 Å². The van der Waals surface area contributed by atoms with E-state index in [0.717, 1.165) is 18.4 Å². The van der Waals surface area contributed by atoms with E-state index in [2.05, 4.69) is 10.1 Å². The third-order valence-corrected chi connectivity index (χ3v) is 5.63. The molecule has 1 aromatic carbocycles. The molecular weight excluding hydrogens is 399 g/mol. The zero-order valence-electron chi connectivity index (χ0n) is 17.0. The summed E-state index contributed by atoms with van der Waals surface area (Å²) in [7, 11) is 1.56. The number of ether oxygens (including phenoxy) is 1. The minimum atomic E-state index is -0.335. The van der Waals surface area contributed by atoms with Crippen LogP contribution in [0.5, 0.6) is 5.75 Å². The van der Waals surface area contributed by atoms with Crippen LogP contribution in [-0.2, 0) is 0 Å². The van der Waals surface area contributed by atoms with Gasteiger partial charge in [0.05, 0.1) is 13.4 Å². The van der Waals surface area contributed by atoms with E-state index in [-0.39, 0.29) is 17.6 Å². The molecule has 1 saturated heterocycles. The van der Waals surface area contributed by atoms with E-state index >= 15 is 0 Å². The predicted molar refractivity (Wildman–Crippen MR) is 112 cm³/mol. The second kappa shape index (κ2) is 7.86. The molecule has 8 heteroatoms. The van der Waals surface area contributed by atoms with Crippen LogP contribution < -0.4 is 4.74 Å². The summed E-state index contributed by atoms with van der Waals surface area (Å²) in [6, 6.07) is 11.5. The van der Waals surface area contributed by atoms with Gasteiger partial charge in [-0.25, -0.2) is 13.9 Å². The minimum absolute atomic E-state index is 0.0414. The van der Waals surface area contributed by atoms with E-state index in [9.17, 15) is 9.18 Å². The van der Waals surface area contributed by atoms with Gasteiger partial charge >= 0.3 is 0 Å². The second-order valence-corrected chi connectivity index (χ2v) is 7.60. The van der Waals surface area contributed by atoms with Crippen LogP contribution in [0.1, 0.15) is 35.1 Å². The lowest BCUT2D eigenvalue weighted by Crippen LogP contribution is -2.39. The van der Waals surface area contributed by atoms with Crippen molar-refractivity contribution >= 4 is 11.6 Å². The molecule has 1 aliphatic heterocycles. The van der Waals surface area contributed by atoms with Gasteiger partial charge in [0.2, 0.25) is 0 Å². The maximum absolute atomic E-state index is 13.8. The fourth-order valence-corrected chi connectivity index (χ4v) is 4.07. The lowest BCUT2D eigenvalue weighted by molar-refractivity contribution is 0.0672. The molecule has 4 aromatic rings. The standard InChI is InChI=1S/C23H21FN4O3/c1-30-19-8-7-17(24)12-18(19)15-6-9-21-25-22(26-28(21)14-15)16-4-2-10-27(13-16)23(29)20-5-3-11-31-20/h3,5-9,11-12,14,16H,2,4,10,13H2,1H3. The predicted octanol–water partition coefficient (Wildman–Crippen LogP) is 4.16. The first-order valence-electron chi connectivity index (χ1n) is 10.2. The summed E-state index contributed by atoms with van der Waals surface area (Å²) in [6.45, 7) is 1.23. The number of carbonyl (C=O) groups is 1. The number of rotatable bonds is 4. The highest BCUT2D eigenvalue weighted by Gasteiger charge is 2.29. The minimum Gasteiger partial charge on any atom is -0.496 e. The van der Waals surface area contributed by atoms with Crippen molar-refractivity contribution in [1.29, 1.82) is 0 Å². The number of halogens is 1. The molecule has 0 radical (unpaired) electrons. The summed E-state index contributed by atoms with van der Waals surface area (Å²) in [5.74, 6) is 1.22. The molecule has 1 amide bonds. The van der Waals surface area contributed by atoms with Crippen LogP contribution >= 0.6 is 0 Å². The number of fused-ring (bicyclic) bond motifs is 1. The van der Waals surface area contributed by atoms with Gasteiger partial charge in [-0.3, -0.25) is 4.79 Å². The van der Waals surface area contributed by atoms with E-state index in [1.54, 1.807) is 34.7 Å². The molecule has 3 aromatic heterocycles. The normalized spacial score (nSPS) is 16.6. The Hall–Kier alpha value is -3.68. The Morgan fingerprint density at radius 3 is 2.97 bits per heavy atom. The van der Waals surface area contributed by atoms with E-state index in [4.69, 9.17) is 9.15 Å². The molecule has 1 aliphatic rings. The molecular formula is C23H21FN4O3. The summed E-state index contributed by atoms with van der Waals surface area (Å²) in [6.07, 6.45) is 5.10. The van der Waals surface area contributed by atoms with Gasteiger partial charge in [0.1, 0.15) is 11.6 Å². The number of pyridine rings is 1. The molecule has 0 bridgehead atoms. The van der Waals surface area contributed by atoms with Crippen LogP contribution in [0.3, 0.4) is 0 Å². The number of aromatic nitrogens is 3. The highest BCUT2D eigenvalue weighted by Crippen LogP contribution is 2.31. The maximum Gasteiger partial charge on any atom is 0.289 e. The smallest absolute Gasteiger partial charge is 0.289 e. The molecule has 5 rings (SSSR count). The first-order valence-corrected chi connectivity index (χ1v) is 10.2. The van der Waals surface area contributed by atoms with Crippen molar-refractivity contribution in [2.45, 2.75) is 18.8 Å². The quantitative estimate of drug-likeness (QED) is 0.496. The molecule has 0 aliphatic carbocycles. The molecule has 0 saturated carbocycles. The Morgan fingerprint density at radius 1 is 1.26 bits per heavy atom. The van der Waals surface area contributed by atoms with E-state index < -0.39 is 0 Å². The monoisotopic (exact) mass is 420 g/mol. The van der Waals surface area contributed by atoms with Gasteiger partial charge in [-0.15, -0.1) is 0 Å². The van der Waals surface area contributed by atoms with Crippen LogP contribution in [0.15, 0.2) is 59.3 Å². The lowest BCUT2D eigenvalue weighted by atomic mass is 9.97. The number of nitrogens with zero attached hydrogens (tertiary/aromatic N) is 4. The molecule has 31 heavy (non-hydrogen) atoms. The maximum atomic E-state index is 13.8. The average molecular weight is 420 g/mol. The van der Waals surface area contributed by atoms with Gasteiger partial charge in [-0.2, -0.15) is 5.10 Å². The summed E-state index contributed by atoms with van der Waals surface area (Å²) in [4.78, 5) is 19.1. The van der Waals surface area contributed by atoms with Crippen molar-refractivity contribution < 1.29 is 18.3 Å². The van der Waals surface area contributed by atoms with Crippen molar-refractivity contribution in [2.24, 2.45) is 0 Å². The number of hydrogen-bond donors (Lipinski definition) is 0. The lowest BCUT2D eigenvalue weighted by Gasteiger charge is -2.30. The van der Waals surface area contributed by atoms with Crippen molar-refractivity contribution in [3.8, 4) is 16.9 Å². The average Bonchev–Trinajstić information content (AvgIpc) is 3.48. The Kier molecular flexibility index (Phi) is 4.89. The fraction of sp³-hybridized carbons (Fsp3) is 0.261. The summed E-state index contributed by atoms with van der Waals surface area (Å²) < 4.78 is 26.1. The SMILES string of the molecule is COc1ccc(F)cc1-c1ccc2nc(C3CCCN(C(=O)c4ccco4)C3)nn2c1. The zero-order chi connectivity index (χ0) is 21.4. The first kappa shape index (κ1) is 19.3. The highest BCUT2D eigenvalue weighted by atomic mass is 19.1. The molecule has 0 spiro atoms. The van der Waals surface area contributed by atoms with Crippen LogP contribution in [0.4, 0.5) is 4.39 Å². The van der Waals surface area contributed by atoms with Crippen LogP contribution in [0.25, 0.3) is 16.8 Å². The fourth-order valence-electron chi connectivity index (χ4n) is 4.07. The largest absolute Gasteiger partial charge is 0.496 e. The topological polar surface area (TPSA) is 72.9 Å². The summed E-state index contributed by atoms with van der Waals surface area (Å²) in [5, 5.41) is 4.67. The molecule has 4 heterocycles. The number of furan rings is 1. The summed E-state index contributed by atoms with van der Waals surface area (Å²) >= 11 is 0. The molecule has 158 valence electrons. The molecule has 1 fully saturated rings. The Labute approximate surface area is 178 Å². The van der Waals surface area contributed by atoms with Gasteiger partial charge in [0.15, 0.2) is 17.2 Å². The van der Waals surface area contributed by atoms with Gasteiger partial charge in [0.25, 0.3) is 5.91 Å². The van der Waals surface area contributed by atoms with E-state index in [1.165, 1.54) is 18.4 Å². The third-order valence-electron chi connectivity index (χ3n) is 5.63. The van der Waals surface area contributed by atoms with Crippen LogP contribution in [-0.4, -0.2) is 45.6 Å². The number of likely N-dealkylation sites (tertiary alicyclic amines) is 1. The van der Waals surface area contributed by atoms with Crippen molar-refractivity contribution in [3.05, 3.63) is 72.3 Å². The Balaban J connectivity index is 1.43. The number of methoxy groups -OCH3 is 1. The summed E-state index contributed by atoms with van der Waals surface area (Å²) in [5.41, 5.74) is 2.12. The van der Waals surface area contributed by atoms with E-state index in [0.29, 0.717) is 41.6 Å². The van der Waals surface area contributed by atoms with Gasteiger partial charge in [-0.05, 0) is 55.3 Å². The number of piperidine rings is 1. The zero-order valence-corrected chi connectivity index (χ0v) is 17.0. The van der Waals surface area contributed by atoms with Crippen LogP contribution in [0.2, 0.25) is 0 Å². The van der Waals surface area contributed by atoms with Gasteiger partial charge < -0.3 is 14.1 Å². The van der Waals surface area contributed by atoms with Crippen LogP contribution in [0, 0.1) is 5.82 Å². The second-order valence-electron chi connectivity index (χ2n) is 7.60. The highest BCUT2D eigenvalue weighted by molar-refractivity contribution is 5.91. The van der Waals surface area contributed by atoms with E-state index in [1.807, 2.05) is 18.3 Å². The molecule has 1 unspecified atom stereocenters. The molecule has 7 nitrogen and oxygen atoms in total. The molecule has 0 N–H and O–H groups in total. The first-order chi connectivity index (χ1) is 15.1. The van der Waals surface area contributed by atoms with Crippen molar-refractivity contribution in [3.63, 3.8) is 0 Å². The number of benzene rings is 1. The van der Waals surface area contributed by atoms with Crippen molar-refractivity contribution in [2.75, 3.05) is 20.2 Å². The Bertz CT molecular complexity index is 1240. The molecule has 1 atom stereocenters. The Morgan fingerprint density at radius 2 is 2.16 bits per heavy atom.